The van der Waals surface area contributed by atoms with E-state index in [1.165, 1.54) is 23.1 Å². The molecule has 24 heavy (non-hydrogen) atoms. The summed E-state index contributed by atoms with van der Waals surface area (Å²) >= 11 is 0. The van der Waals surface area contributed by atoms with Crippen LogP contribution in [-0.2, 0) is 13.1 Å². The molecule has 2 aromatic rings. The topological polar surface area (TPSA) is 30.3 Å². The van der Waals surface area contributed by atoms with Crippen molar-refractivity contribution in [3.8, 4) is 6.07 Å². The van der Waals surface area contributed by atoms with Crippen LogP contribution in [0.4, 0.5) is 0 Å². The van der Waals surface area contributed by atoms with Gasteiger partial charge in [-0.25, -0.2) is 0 Å². The summed E-state index contributed by atoms with van der Waals surface area (Å²) in [4.78, 5) is 5.08. The smallest absolute Gasteiger partial charge is 0.0991 e. The fourth-order valence-electron chi connectivity index (χ4n) is 3.24. The molecule has 3 rings (SSSR count). The maximum absolute atomic E-state index is 8.89. The average Bonchev–Trinajstić information content (AvgIpc) is 2.83. The van der Waals surface area contributed by atoms with Gasteiger partial charge in [-0.1, -0.05) is 42.0 Å². The highest BCUT2D eigenvalue weighted by atomic mass is 15.2. The molecule has 0 spiro atoms. The third-order valence-corrected chi connectivity index (χ3v) is 4.70. The van der Waals surface area contributed by atoms with Gasteiger partial charge in [0.2, 0.25) is 0 Å². The molecule has 0 atom stereocenters. The van der Waals surface area contributed by atoms with Gasteiger partial charge in [-0.3, -0.25) is 9.80 Å². The molecule has 1 aliphatic rings. The predicted octanol–water partition coefficient (Wildman–Crippen LogP) is 3.57. The van der Waals surface area contributed by atoms with E-state index in [-0.39, 0.29) is 0 Å². The molecule has 1 heterocycles. The van der Waals surface area contributed by atoms with Crippen molar-refractivity contribution in [2.75, 3.05) is 26.2 Å². The molecule has 0 aliphatic carbocycles. The van der Waals surface area contributed by atoms with Crippen molar-refractivity contribution >= 4 is 0 Å². The zero-order valence-corrected chi connectivity index (χ0v) is 14.4. The third-order valence-electron chi connectivity index (χ3n) is 4.70. The summed E-state index contributed by atoms with van der Waals surface area (Å²) in [7, 11) is 0. The van der Waals surface area contributed by atoms with E-state index in [1.54, 1.807) is 0 Å². The van der Waals surface area contributed by atoms with Crippen molar-refractivity contribution in [3.05, 3.63) is 70.8 Å². The van der Waals surface area contributed by atoms with Crippen LogP contribution in [0.15, 0.2) is 48.5 Å². The van der Waals surface area contributed by atoms with Crippen molar-refractivity contribution in [2.24, 2.45) is 0 Å². The molecule has 0 saturated carbocycles. The van der Waals surface area contributed by atoms with Crippen LogP contribution in [0.1, 0.15) is 28.7 Å². The van der Waals surface area contributed by atoms with E-state index in [4.69, 9.17) is 5.26 Å². The molecular weight excluding hydrogens is 294 g/mol. The van der Waals surface area contributed by atoms with Crippen molar-refractivity contribution in [3.63, 3.8) is 0 Å². The number of rotatable bonds is 4. The minimum Gasteiger partial charge on any atom is -0.298 e. The number of aryl methyl sites for hydroxylation is 1. The van der Waals surface area contributed by atoms with Gasteiger partial charge in [0, 0.05) is 26.2 Å². The Hall–Kier alpha value is -2.15. The monoisotopic (exact) mass is 319 g/mol. The van der Waals surface area contributed by atoms with Crippen LogP contribution in [0, 0.1) is 18.3 Å². The molecule has 2 aromatic carbocycles. The van der Waals surface area contributed by atoms with Gasteiger partial charge in [0.25, 0.3) is 0 Å². The van der Waals surface area contributed by atoms with Crippen LogP contribution < -0.4 is 0 Å². The third kappa shape index (κ3) is 4.67. The molecule has 124 valence electrons. The highest BCUT2D eigenvalue weighted by Gasteiger charge is 2.15. The van der Waals surface area contributed by atoms with Gasteiger partial charge in [0.05, 0.1) is 11.6 Å². The summed E-state index contributed by atoms with van der Waals surface area (Å²) in [6.07, 6.45) is 1.21. The van der Waals surface area contributed by atoms with E-state index < -0.39 is 0 Å². The second-order valence-corrected chi connectivity index (χ2v) is 6.70. The molecule has 0 radical (unpaired) electrons. The molecule has 1 fully saturated rings. The van der Waals surface area contributed by atoms with Gasteiger partial charge in [-0.05, 0) is 49.7 Å². The van der Waals surface area contributed by atoms with Crippen LogP contribution >= 0.6 is 0 Å². The first kappa shape index (κ1) is 16.7. The summed E-state index contributed by atoms with van der Waals surface area (Å²) in [5.41, 5.74) is 4.75. The molecular formula is C21H25N3. The second kappa shape index (κ2) is 8.10. The van der Waals surface area contributed by atoms with Crippen LogP contribution in [-0.4, -0.2) is 36.0 Å². The zero-order chi connectivity index (χ0) is 16.8. The van der Waals surface area contributed by atoms with E-state index in [9.17, 15) is 0 Å². The Morgan fingerprint density at radius 2 is 1.29 bits per heavy atom. The van der Waals surface area contributed by atoms with Gasteiger partial charge in [0.15, 0.2) is 0 Å². The van der Waals surface area contributed by atoms with Gasteiger partial charge in [-0.15, -0.1) is 0 Å². The van der Waals surface area contributed by atoms with Crippen LogP contribution in [0.3, 0.4) is 0 Å². The molecule has 1 saturated heterocycles. The SMILES string of the molecule is Cc1ccc(CN2CCCN(Cc3ccc(C#N)cc3)CC2)cc1. The summed E-state index contributed by atoms with van der Waals surface area (Å²) < 4.78 is 0. The minimum absolute atomic E-state index is 0.735. The molecule has 3 heteroatoms. The van der Waals surface area contributed by atoms with Crippen LogP contribution in [0.2, 0.25) is 0 Å². The minimum atomic E-state index is 0.735. The molecule has 0 N–H and O–H groups in total. The quantitative estimate of drug-likeness (QED) is 0.863. The van der Waals surface area contributed by atoms with Crippen molar-refractivity contribution in [1.29, 1.82) is 5.26 Å². The maximum Gasteiger partial charge on any atom is 0.0991 e. The fourth-order valence-corrected chi connectivity index (χ4v) is 3.24. The lowest BCUT2D eigenvalue weighted by molar-refractivity contribution is 0.247. The Kier molecular flexibility index (Phi) is 5.63. The van der Waals surface area contributed by atoms with Gasteiger partial charge >= 0.3 is 0 Å². The number of nitrogens with zero attached hydrogens (tertiary/aromatic N) is 3. The molecule has 3 nitrogen and oxygen atoms in total. The van der Waals surface area contributed by atoms with Crippen molar-refractivity contribution in [1.82, 2.24) is 9.80 Å². The average molecular weight is 319 g/mol. The molecule has 0 bridgehead atoms. The Labute approximate surface area is 145 Å². The normalized spacial score (nSPS) is 16.5. The number of nitriles is 1. The Balaban J connectivity index is 1.52. The highest BCUT2D eigenvalue weighted by molar-refractivity contribution is 5.31. The van der Waals surface area contributed by atoms with E-state index in [0.29, 0.717) is 0 Å². The van der Waals surface area contributed by atoms with E-state index >= 15 is 0 Å². The number of hydrogen-bond acceptors (Lipinski definition) is 3. The van der Waals surface area contributed by atoms with Crippen LogP contribution in [0.25, 0.3) is 0 Å². The Morgan fingerprint density at radius 1 is 0.792 bits per heavy atom. The maximum atomic E-state index is 8.89. The van der Waals surface area contributed by atoms with Crippen molar-refractivity contribution in [2.45, 2.75) is 26.4 Å². The second-order valence-electron chi connectivity index (χ2n) is 6.70. The largest absolute Gasteiger partial charge is 0.298 e. The Morgan fingerprint density at radius 3 is 1.79 bits per heavy atom. The van der Waals surface area contributed by atoms with E-state index in [2.05, 4.69) is 59.2 Å². The lowest BCUT2D eigenvalue weighted by atomic mass is 10.1. The van der Waals surface area contributed by atoms with Crippen LogP contribution in [0.5, 0.6) is 0 Å². The first-order chi connectivity index (χ1) is 11.7. The standard InChI is InChI=1S/C21H25N3/c1-18-3-5-20(6-4-18)16-23-11-2-12-24(14-13-23)17-21-9-7-19(15-22)8-10-21/h3-10H,2,11-14,16-17H2,1H3. The Bertz CT molecular complexity index is 683. The lowest BCUT2D eigenvalue weighted by Crippen LogP contribution is -2.30. The molecule has 0 amide bonds. The molecule has 0 unspecified atom stereocenters. The summed E-state index contributed by atoms with van der Waals surface area (Å²) in [5, 5.41) is 8.89. The van der Waals surface area contributed by atoms with E-state index in [0.717, 1.165) is 44.8 Å². The van der Waals surface area contributed by atoms with E-state index in [1.807, 2.05) is 12.1 Å². The number of benzene rings is 2. The highest BCUT2D eigenvalue weighted by Crippen LogP contribution is 2.13. The zero-order valence-electron chi connectivity index (χ0n) is 14.4. The molecule has 1 aliphatic heterocycles. The fraction of sp³-hybridized carbons (Fsp3) is 0.381. The first-order valence-corrected chi connectivity index (χ1v) is 8.72. The summed E-state index contributed by atoms with van der Waals surface area (Å²) in [6, 6.07) is 19.0. The van der Waals surface area contributed by atoms with Gasteiger partial charge < -0.3 is 0 Å². The van der Waals surface area contributed by atoms with Crippen molar-refractivity contribution < 1.29 is 0 Å². The summed E-state index contributed by atoms with van der Waals surface area (Å²) in [5.74, 6) is 0. The van der Waals surface area contributed by atoms with Gasteiger partial charge in [0.1, 0.15) is 0 Å². The molecule has 0 aromatic heterocycles. The summed E-state index contributed by atoms with van der Waals surface area (Å²) in [6.45, 7) is 8.68. The van der Waals surface area contributed by atoms with Gasteiger partial charge in [-0.2, -0.15) is 5.26 Å². The lowest BCUT2D eigenvalue weighted by Gasteiger charge is -2.22. The predicted molar refractivity (Wildman–Crippen MR) is 97.5 cm³/mol. The number of hydrogen-bond donors (Lipinski definition) is 0. The first-order valence-electron chi connectivity index (χ1n) is 8.72.